The van der Waals surface area contributed by atoms with Gasteiger partial charge in [0.1, 0.15) is 17.7 Å². The van der Waals surface area contributed by atoms with Crippen LogP contribution >= 0.6 is 0 Å². The number of ether oxygens (including phenoxy) is 4. The van der Waals surface area contributed by atoms with Crippen LogP contribution in [0, 0.1) is 0 Å². The van der Waals surface area contributed by atoms with Gasteiger partial charge in [0, 0.05) is 0 Å². The van der Waals surface area contributed by atoms with Gasteiger partial charge < -0.3 is 23.9 Å². The summed E-state index contributed by atoms with van der Waals surface area (Å²) in [6.45, 7) is 7.21. The zero-order valence-corrected chi connectivity index (χ0v) is 14.4. The minimum Gasteiger partial charge on any atom is -0.431 e. The van der Waals surface area contributed by atoms with Crippen LogP contribution in [0.2, 0.25) is 0 Å². The van der Waals surface area contributed by atoms with Gasteiger partial charge in [0.25, 0.3) is 11.8 Å². The zero-order valence-electron chi connectivity index (χ0n) is 14.4. The van der Waals surface area contributed by atoms with Crippen LogP contribution < -0.4 is 9.47 Å². The van der Waals surface area contributed by atoms with E-state index in [4.69, 9.17) is 18.9 Å². The topological polar surface area (TPSA) is 126 Å². The molecule has 2 heterocycles. The summed E-state index contributed by atoms with van der Waals surface area (Å²) in [6, 6.07) is 0. The third-order valence-corrected chi connectivity index (χ3v) is 3.39. The van der Waals surface area contributed by atoms with E-state index in [0.29, 0.717) is 12.8 Å². The largest absolute Gasteiger partial charge is 0.515 e. The standard InChI is InChI=1S/C15H20N4O6/c1-5-8(3)22-14(20)24-12-10-11(17-7-16-10)13(19-18-12)25-15(21)23-9(4)6-2/h7-9H,5-6H2,1-4H3,(H,16,17). The summed E-state index contributed by atoms with van der Waals surface area (Å²) in [4.78, 5) is 30.2. The summed E-state index contributed by atoms with van der Waals surface area (Å²) < 4.78 is 20.1. The minimum atomic E-state index is -0.919. The smallest absolute Gasteiger partial charge is 0.431 e. The summed E-state index contributed by atoms with van der Waals surface area (Å²) in [5.41, 5.74) is 0.407. The number of hydrogen-bond donors (Lipinski definition) is 1. The van der Waals surface area contributed by atoms with E-state index in [9.17, 15) is 9.59 Å². The van der Waals surface area contributed by atoms with Crippen molar-refractivity contribution in [3.8, 4) is 11.8 Å². The fourth-order valence-electron chi connectivity index (χ4n) is 1.65. The van der Waals surface area contributed by atoms with Gasteiger partial charge in [-0.1, -0.05) is 13.8 Å². The number of H-pyrrole nitrogens is 1. The molecule has 0 aliphatic rings. The van der Waals surface area contributed by atoms with Crippen LogP contribution in [0.15, 0.2) is 6.33 Å². The molecule has 136 valence electrons. The van der Waals surface area contributed by atoms with E-state index in [1.807, 2.05) is 13.8 Å². The lowest BCUT2D eigenvalue weighted by molar-refractivity contribution is 0.0604. The monoisotopic (exact) mass is 352 g/mol. The van der Waals surface area contributed by atoms with Gasteiger partial charge in [-0.15, -0.1) is 10.2 Å². The van der Waals surface area contributed by atoms with Gasteiger partial charge in [-0.3, -0.25) is 0 Å². The van der Waals surface area contributed by atoms with Crippen molar-refractivity contribution < 1.29 is 28.5 Å². The van der Waals surface area contributed by atoms with Crippen LogP contribution in [0.3, 0.4) is 0 Å². The molecule has 2 aromatic heterocycles. The van der Waals surface area contributed by atoms with Crippen LogP contribution in [0.4, 0.5) is 9.59 Å². The summed E-state index contributed by atoms with van der Waals surface area (Å²) in [5, 5.41) is 7.44. The van der Waals surface area contributed by atoms with Crippen molar-refractivity contribution >= 4 is 23.3 Å². The summed E-state index contributed by atoms with van der Waals surface area (Å²) in [5.74, 6) is -0.296. The van der Waals surface area contributed by atoms with Crippen molar-refractivity contribution in [2.75, 3.05) is 0 Å². The Balaban J connectivity index is 2.15. The van der Waals surface area contributed by atoms with Gasteiger partial charge in [0.15, 0.2) is 5.52 Å². The molecular formula is C15H20N4O6. The fraction of sp³-hybridized carbons (Fsp3) is 0.533. The van der Waals surface area contributed by atoms with E-state index in [0.717, 1.165) is 0 Å². The molecule has 2 unspecified atom stereocenters. The highest BCUT2D eigenvalue weighted by atomic mass is 16.7. The second kappa shape index (κ2) is 8.27. The van der Waals surface area contributed by atoms with Crippen LogP contribution in [0.5, 0.6) is 11.8 Å². The Hall–Kier alpha value is -2.91. The van der Waals surface area contributed by atoms with Crippen molar-refractivity contribution in [3.05, 3.63) is 6.33 Å². The molecule has 2 atom stereocenters. The lowest BCUT2D eigenvalue weighted by atomic mass is 10.3. The molecule has 0 aliphatic carbocycles. The number of imidazole rings is 1. The van der Waals surface area contributed by atoms with Gasteiger partial charge in [-0.2, -0.15) is 0 Å². The molecule has 0 amide bonds. The molecule has 0 saturated carbocycles. The van der Waals surface area contributed by atoms with Crippen LogP contribution in [-0.2, 0) is 9.47 Å². The highest BCUT2D eigenvalue weighted by Gasteiger charge is 2.21. The van der Waals surface area contributed by atoms with E-state index in [1.54, 1.807) is 13.8 Å². The fourth-order valence-corrected chi connectivity index (χ4v) is 1.65. The lowest BCUT2D eigenvalue weighted by Gasteiger charge is -2.11. The maximum atomic E-state index is 11.7. The first-order valence-electron chi connectivity index (χ1n) is 7.91. The third-order valence-electron chi connectivity index (χ3n) is 3.39. The molecule has 2 aromatic rings. The number of fused-ring (bicyclic) bond motifs is 1. The summed E-state index contributed by atoms with van der Waals surface area (Å²) in [6.07, 6.45) is 0.189. The van der Waals surface area contributed by atoms with E-state index in [2.05, 4.69) is 20.2 Å². The van der Waals surface area contributed by atoms with Gasteiger partial charge in [0.05, 0.1) is 6.33 Å². The van der Waals surface area contributed by atoms with Gasteiger partial charge in [-0.05, 0) is 26.7 Å². The van der Waals surface area contributed by atoms with Crippen molar-refractivity contribution in [3.63, 3.8) is 0 Å². The maximum absolute atomic E-state index is 11.7. The molecule has 10 heteroatoms. The summed E-state index contributed by atoms with van der Waals surface area (Å²) in [7, 11) is 0. The van der Waals surface area contributed by atoms with Crippen LogP contribution in [0.1, 0.15) is 40.5 Å². The molecular weight excluding hydrogens is 332 g/mol. The SMILES string of the molecule is CCC(C)OC(=O)Oc1nnc(OC(=O)OC(C)CC)c2[nH]cnc12. The average Bonchev–Trinajstić information content (AvgIpc) is 3.07. The minimum absolute atomic E-state index is 0.136. The predicted octanol–water partition coefficient (Wildman–Crippen LogP) is 2.98. The number of carbonyl (C=O) groups excluding carboxylic acids is 2. The number of aromatic amines is 1. The Morgan fingerprint density at radius 1 is 1.00 bits per heavy atom. The first-order chi connectivity index (χ1) is 11.9. The first kappa shape index (κ1) is 18.4. The van der Waals surface area contributed by atoms with Gasteiger partial charge in [0.2, 0.25) is 0 Å². The van der Waals surface area contributed by atoms with E-state index >= 15 is 0 Å². The average molecular weight is 352 g/mol. The number of nitrogens with one attached hydrogen (secondary N) is 1. The van der Waals surface area contributed by atoms with E-state index in [1.165, 1.54) is 6.33 Å². The normalized spacial score (nSPS) is 13.1. The molecule has 0 radical (unpaired) electrons. The second-order valence-electron chi connectivity index (χ2n) is 5.31. The third kappa shape index (κ3) is 4.78. The van der Waals surface area contributed by atoms with Crippen molar-refractivity contribution in [1.82, 2.24) is 20.2 Å². The second-order valence-corrected chi connectivity index (χ2v) is 5.31. The molecule has 0 spiro atoms. The van der Waals surface area contributed by atoms with Gasteiger partial charge >= 0.3 is 12.3 Å². The molecule has 1 N–H and O–H groups in total. The molecule has 0 aliphatic heterocycles. The lowest BCUT2D eigenvalue weighted by Crippen LogP contribution is -2.19. The molecule has 2 rings (SSSR count). The Morgan fingerprint density at radius 3 is 2.08 bits per heavy atom. The highest BCUT2D eigenvalue weighted by Crippen LogP contribution is 2.26. The highest BCUT2D eigenvalue weighted by molar-refractivity contribution is 5.86. The first-order valence-corrected chi connectivity index (χ1v) is 7.91. The molecule has 0 bridgehead atoms. The number of hydrogen-bond acceptors (Lipinski definition) is 9. The molecule has 25 heavy (non-hydrogen) atoms. The van der Waals surface area contributed by atoms with Crippen molar-refractivity contribution in [2.45, 2.75) is 52.7 Å². The number of nitrogens with zero attached hydrogens (tertiary/aromatic N) is 3. The summed E-state index contributed by atoms with van der Waals surface area (Å²) >= 11 is 0. The van der Waals surface area contributed by atoms with Crippen molar-refractivity contribution in [2.24, 2.45) is 0 Å². The maximum Gasteiger partial charge on any atom is 0.515 e. The quantitative estimate of drug-likeness (QED) is 0.781. The number of rotatable bonds is 6. The van der Waals surface area contributed by atoms with Crippen LogP contribution in [0.25, 0.3) is 11.0 Å². The molecule has 0 saturated heterocycles. The molecule has 0 aromatic carbocycles. The molecule has 10 nitrogen and oxygen atoms in total. The number of carbonyl (C=O) groups is 2. The zero-order chi connectivity index (χ0) is 18.4. The van der Waals surface area contributed by atoms with E-state index < -0.39 is 12.3 Å². The number of aromatic nitrogens is 4. The van der Waals surface area contributed by atoms with E-state index in [-0.39, 0.29) is 35.0 Å². The van der Waals surface area contributed by atoms with Gasteiger partial charge in [-0.25, -0.2) is 14.6 Å². The Bertz CT molecular complexity index is 687. The Kier molecular flexibility index (Phi) is 6.09. The molecule has 0 fully saturated rings. The Morgan fingerprint density at radius 2 is 1.52 bits per heavy atom. The Labute approximate surface area is 143 Å². The predicted molar refractivity (Wildman–Crippen MR) is 85.4 cm³/mol. The van der Waals surface area contributed by atoms with Crippen molar-refractivity contribution in [1.29, 1.82) is 0 Å². The van der Waals surface area contributed by atoms with Crippen LogP contribution in [-0.4, -0.2) is 44.7 Å².